The van der Waals surface area contributed by atoms with Gasteiger partial charge in [0.05, 0.1) is 0 Å². The number of phenols is 1. The van der Waals surface area contributed by atoms with Gasteiger partial charge in [0.1, 0.15) is 5.75 Å². The van der Waals surface area contributed by atoms with Crippen molar-refractivity contribution in [3.8, 4) is 5.75 Å². The first-order valence-corrected chi connectivity index (χ1v) is 6.62. The van der Waals surface area contributed by atoms with Gasteiger partial charge in [-0.1, -0.05) is 19.9 Å². The fourth-order valence-electron chi connectivity index (χ4n) is 2.63. The van der Waals surface area contributed by atoms with E-state index in [9.17, 15) is 5.11 Å². The summed E-state index contributed by atoms with van der Waals surface area (Å²) in [6.07, 6.45) is 2.65. The largest absolute Gasteiger partial charge is 0.508 e. The molecule has 0 unspecified atom stereocenters. The van der Waals surface area contributed by atoms with Gasteiger partial charge in [-0.05, 0) is 61.5 Å². The number of phenolic OH excluding ortho intramolecular Hbond substituents is 1. The predicted molar refractivity (Wildman–Crippen MR) is 71.4 cm³/mol. The Kier molecular flexibility index (Phi) is 3.72. The third kappa shape index (κ3) is 2.81. The molecule has 1 N–H and O–H groups in total. The first-order valence-electron chi connectivity index (χ1n) is 6.62. The molecule has 0 saturated carbocycles. The molecule has 1 saturated heterocycles. The summed E-state index contributed by atoms with van der Waals surface area (Å²) in [4.78, 5) is 2.51. The second-order valence-corrected chi connectivity index (χ2v) is 5.48. The molecule has 94 valence electrons. The van der Waals surface area contributed by atoms with E-state index >= 15 is 0 Å². The van der Waals surface area contributed by atoms with Crippen molar-refractivity contribution in [2.45, 2.75) is 46.1 Å². The summed E-state index contributed by atoms with van der Waals surface area (Å²) in [5.41, 5.74) is 3.67. The maximum absolute atomic E-state index is 9.82. The summed E-state index contributed by atoms with van der Waals surface area (Å²) in [5.74, 6) is 0.901. The summed E-state index contributed by atoms with van der Waals surface area (Å²) in [7, 11) is 0. The van der Waals surface area contributed by atoms with Crippen LogP contribution in [0.3, 0.4) is 0 Å². The van der Waals surface area contributed by atoms with Crippen molar-refractivity contribution in [3.63, 3.8) is 0 Å². The van der Waals surface area contributed by atoms with Crippen LogP contribution in [0.4, 0.5) is 0 Å². The predicted octanol–water partition coefficient (Wildman–Crippen LogP) is 3.42. The molecule has 0 aromatic heterocycles. The topological polar surface area (TPSA) is 23.5 Å². The number of aryl methyl sites for hydroxylation is 1. The van der Waals surface area contributed by atoms with Crippen LogP contribution in [-0.4, -0.2) is 23.1 Å². The number of hydrogen-bond acceptors (Lipinski definition) is 2. The van der Waals surface area contributed by atoms with Gasteiger partial charge >= 0.3 is 0 Å². The van der Waals surface area contributed by atoms with Crippen molar-refractivity contribution >= 4 is 0 Å². The van der Waals surface area contributed by atoms with Gasteiger partial charge in [-0.15, -0.1) is 0 Å². The van der Waals surface area contributed by atoms with Crippen LogP contribution in [0, 0.1) is 6.92 Å². The minimum absolute atomic E-state index is 0.430. The summed E-state index contributed by atoms with van der Waals surface area (Å²) < 4.78 is 0. The molecule has 1 aromatic carbocycles. The molecule has 2 heteroatoms. The molecule has 0 atom stereocenters. The van der Waals surface area contributed by atoms with Crippen molar-refractivity contribution in [1.29, 1.82) is 0 Å². The highest BCUT2D eigenvalue weighted by atomic mass is 16.3. The average Bonchev–Trinajstić information content (AvgIpc) is 2.75. The first-order chi connectivity index (χ1) is 8.08. The maximum Gasteiger partial charge on any atom is 0.118 e. The van der Waals surface area contributed by atoms with Crippen molar-refractivity contribution < 1.29 is 5.11 Å². The highest BCUT2D eigenvalue weighted by molar-refractivity contribution is 5.42. The minimum Gasteiger partial charge on any atom is -0.508 e. The Hall–Kier alpha value is -1.02. The Morgan fingerprint density at radius 1 is 1.24 bits per heavy atom. The van der Waals surface area contributed by atoms with Crippen molar-refractivity contribution in [2.24, 2.45) is 0 Å². The zero-order chi connectivity index (χ0) is 12.4. The number of likely N-dealkylation sites (tertiary alicyclic amines) is 1. The number of aromatic hydroxyl groups is 1. The quantitative estimate of drug-likeness (QED) is 0.864. The van der Waals surface area contributed by atoms with E-state index in [0.717, 1.165) is 12.1 Å². The van der Waals surface area contributed by atoms with Gasteiger partial charge < -0.3 is 5.11 Å². The van der Waals surface area contributed by atoms with Crippen LogP contribution >= 0.6 is 0 Å². The zero-order valence-corrected chi connectivity index (χ0v) is 11.2. The Morgan fingerprint density at radius 3 is 2.47 bits per heavy atom. The number of nitrogens with zero attached hydrogens (tertiary/aromatic N) is 1. The zero-order valence-electron chi connectivity index (χ0n) is 11.2. The number of benzene rings is 1. The van der Waals surface area contributed by atoms with Crippen LogP contribution in [0.2, 0.25) is 0 Å². The number of hydrogen-bond donors (Lipinski definition) is 1. The lowest BCUT2D eigenvalue weighted by Gasteiger charge is -2.20. The van der Waals surface area contributed by atoms with Crippen molar-refractivity contribution in [3.05, 3.63) is 28.8 Å². The van der Waals surface area contributed by atoms with E-state index in [1.165, 1.54) is 37.1 Å². The van der Waals surface area contributed by atoms with Crippen LogP contribution in [0.5, 0.6) is 5.75 Å². The summed E-state index contributed by atoms with van der Waals surface area (Å²) in [6, 6.07) is 4.11. The molecule has 0 aliphatic carbocycles. The molecule has 2 nitrogen and oxygen atoms in total. The molecule has 17 heavy (non-hydrogen) atoms. The molecule has 0 spiro atoms. The fraction of sp³-hybridized carbons (Fsp3) is 0.600. The van der Waals surface area contributed by atoms with Gasteiger partial charge in [0.15, 0.2) is 0 Å². The molecule has 1 aliphatic heterocycles. The van der Waals surface area contributed by atoms with Crippen molar-refractivity contribution in [1.82, 2.24) is 4.90 Å². The third-order valence-electron chi connectivity index (χ3n) is 3.67. The van der Waals surface area contributed by atoms with E-state index in [-0.39, 0.29) is 0 Å². The molecule has 0 amide bonds. The van der Waals surface area contributed by atoms with Crippen molar-refractivity contribution in [2.75, 3.05) is 13.1 Å². The summed E-state index contributed by atoms with van der Waals surface area (Å²) in [5, 5.41) is 9.82. The molecular formula is C15H23NO. The Bertz CT molecular complexity index is 392. The fourth-order valence-corrected chi connectivity index (χ4v) is 2.63. The smallest absolute Gasteiger partial charge is 0.118 e. The van der Waals surface area contributed by atoms with Gasteiger partial charge in [0.25, 0.3) is 0 Å². The van der Waals surface area contributed by atoms with E-state index in [2.05, 4.69) is 24.8 Å². The lowest BCUT2D eigenvalue weighted by Crippen LogP contribution is -2.19. The summed E-state index contributed by atoms with van der Waals surface area (Å²) >= 11 is 0. The molecule has 1 aromatic rings. The molecule has 1 aliphatic rings. The van der Waals surface area contributed by atoms with Gasteiger partial charge in [-0.2, -0.15) is 0 Å². The molecule has 2 rings (SSSR count). The Morgan fingerprint density at radius 2 is 1.88 bits per heavy atom. The highest BCUT2D eigenvalue weighted by Gasteiger charge is 2.16. The van der Waals surface area contributed by atoms with Gasteiger partial charge in [-0.25, -0.2) is 0 Å². The minimum atomic E-state index is 0.430. The lowest BCUT2D eigenvalue weighted by atomic mass is 9.94. The Balaban J connectivity index is 2.26. The van der Waals surface area contributed by atoms with E-state index in [0.29, 0.717) is 11.7 Å². The second-order valence-electron chi connectivity index (χ2n) is 5.48. The SMILES string of the molecule is Cc1cc(CN2CCCC2)c(C(C)C)cc1O. The lowest BCUT2D eigenvalue weighted by molar-refractivity contribution is 0.329. The molecule has 0 radical (unpaired) electrons. The van der Waals surface area contributed by atoms with Gasteiger partial charge in [0.2, 0.25) is 0 Å². The Labute approximate surface area is 104 Å². The molecule has 0 bridgehead atoms. The van der Waals surface area contributed by atoms with Crippen LogP contribution in [0.25, 0.3) is 0 Å². The summed E-state index contributed by atoms with van der Waals surface area (Å²) in [6.45, 7) is 9.84. The molecular weight excluding hydrogens is 210 g/mol. The normalized spacial score (nSPS) is 16.9. The van der Waals surface area contributed by atoms with Crippen LogP contribution in [-0.2, 0) is 6.54 Å². The van der Waals surface area contributed by atoms with Gasteiger partial charge in [0, 0.05) is 6.54 Å². The van der Waals surface area contributed by atoms with E-state index in [1.807, 2.05) is 13.0 Å². The third-order valence-corrected chi connectivity index (χ3v) is 3.67. The van der Waals surface area contributed by atoms with Crippen LogP contribution in [0.1, 0.15) is 49.3 Å². The molecule has 1 fully saturated rings. The van der Waals surface area contributed by atoms with Crippen LogP contribution < -0.4 is 0 Å². The maximum atomic E-state index is 9.82. The van der Waals surface area contributed by atoms with E-state index < -0.39 is 0 Å². The second kappa shape index (κ2) is 5.09. The monoisotopic (exact) mass is 233 g/mol. The number of rotatable bonds is 3. The average molecular weight is 233 g/mol. The standard InChI is InChI=1S/C15H23NO/c1-11(2)14-9-15(17)12(3)8-13(14)10-16-6-4-5-7-16/h8-9,11,17H,4-7,10H2,1-3H3. The first kappa shape index (κ1) is 12.4. The molecule has 1 heterocycles. The van der Waals surface area contributed by atoms with E-state index in [4.69, 9.17) is 0 Å². The van der Waals surface area contributed by atoms with Gasteiger partial charge in [-0.3, -0.25) is 4.90 Å². The van der Waals surface area contributed by atoms with E-state index in [1.54, 1.807) is 0 Å². The van der Waals surface area contributed by atoms with Crippen LogP contribution in [0.15, 0.2) is 12.1 Å². The highest BCUT2D eigenvalue weighted by Crippen LogP contribution is 2.29.